The number of likely N-dealkylation sites (tertiary alicyclic amines) is 1. The normalized spacial score (nSPS) is 24.7. The van der Waals surface area contributed by atoms with Crippen molar-refractivity contribution >= 4 is 11.6 Å². The van der Waals surface area contributed by atoms with E-state index in [-0.39, 0.29) is 5.91 Å². The van der Waals surface area contributed by atoms with Crippen LogP contribution in [0.15, 0.2) is 24.3 Å². The second-order valence-corrected chi connectivity index (χ2v) is 6.73. The summed E-state index contributed by atoms with van der Waals surface area (Å²) >= 11 is 0. The van der Waals surface area contributed by atoms with Gasteiger partial charge in [0.25, 0.3) is 0 Å². The third kappa shape index (κ3) is 4.25. The van der Waals surface area contributed by atoms with Crippen molar-refractivity contribution in [1.29, 1.82) is 0 Å². The van der Waals surface area contributed by atoms with Gasteiger partial charge >= 0.3 is 0 Å². The number of benzene rings is 1. The summed E-state index contributed by atoms with van der Waals surface area (Å²) in [5.74, 6) is 1.75. The summed E-state index contributed by atoms with van der Waals surface area (Å²) < 4.78 is 5.43. The first-order valence-corrected chi connectivity index (χ1v) is 9.03. The van der Waals surface area contributed by atoms with Gasteiger partial charge in [-0.2, -0.15) is 0 Å². The lowest BCUT2D eigenvalue weighted by atomic mass is 9.78. The summed E-state index contributed by atoms with van der Waals surface area (Å²) in [6.07, 6.45) is 7.88. The molecule has 126 valence electrons. The number of nitrogens with one attached hydrogen (secondary N) is 1. The molecule has 1 N–H and O–H groups in total. The number of carbonyl (C=O) groups is 1. The van der Waals surface area contributed by atoms with Crippen LogP contribution >= 0.6 is 0 Å². The molecule has 1 heterocycles. The monoisotopic (exact) mass is 316 g/mol. The zero-order valence-corrected chi connectivity index (χ0v) is 14.1. The van der Waals surface area contributed by atoms with Crippen molar-refractivity contribution in [3.63, 3.8) is 0 Å². The van der Waals surface area contributed by atoms with Crippen molar-refractivity contribution in [3.05, 3.63) is 24.3 Å². The number of nitrogens with zero attached hydrogens (tertiary/aromatic N) is 1. The molecule has 2 aliphatic rings. The summed E-state index contributed by atoms with van der Waals surface area (Å²) in [7, 11) is 0. The molecule has 0 radical (unpaired) electrons. The topological polar surface area (TPSA) is 41.6 Å². The predicted molar refractivity (Wildman–Crippen MR) is 92.8 cm³/mol. The maximum absolute atomic E-state index is 12.4. The molecule has 1 saturated carbocycles. The van der Waals surface area contributed by atoms with Gasteiger partial charge in [-0.25, -0.2) is 0 Å². The molecule has 1 aliphatic carbocycles. The predicted octanol–water partition coefficient (Wildman–Crippen LogP) is 3.68. The van der Waals surface area contributed by atoms with Crippen molar-refractivity contribution in [3.8, 4) is 5.75 Å². The third-order valence-electron chi connectivity index (χ3n) is 5.15. The second-order valence-electron chi connectivity index (χ2n) is 6.73. The summed E-state index contributed by atoms with van der Waals surface area (Å²) in [5.41, 5.74) is 0.843. The molecule has 0 spiro atoms. The van der Waals surface area contributed by atoms with E-state index in [1.54, 1.807) is 0 Å². The molecule has 0 unspecified atom stereocenters. The number of piperidine rings is 1. The number of hydrogen-bond donors (Lipinski definition) is 1. The van der Waals surface area contributed by atoms with Crippen molar-refractivity contribution in [2.45, 2.75) is 51.5 Å². The highest BCUT2D eigenvalue weighted by Crippen LogP contribution is 2.35. The molecule has 1 saturated heterocycles. The quantitative estimate of drug-likeness (QED) is 0.901. The van der Waals surface area contributed by atoms with E-state index >= 15 is 0 Å². The third-order valence-corrected chi connectivity index (χ3v) is 5.15. The Labute approximate surface area is 139 Å². The first-order chi connectivity index (χ1) is 11.3. The maximum Gasteiger partial charge on any atom is 0.238 e. The van der Waals surface area contributed by atoms with E-state index in [2.05, 4.69) is 10.2 Å². The zero-order valence-electron chi connectivity index (χ0n) is 14.1. The summed E-state index contributed by atoms with van der Waals surface area (Å²) in [6.45, 7) is 4.21. The van der Waals surface area contributed by atoms with E-state index in [0.29, 0.717) is 19.2 Å². The zero-order chi connectivity index (χ0) is 16.1. The summed E-state index contributed by atoms with van der Waals surface area (Å²) in [6, 6.07) is 8.24. The Morgan fingerprint density at radius 1 is 1.17 bits per heavy atom. The molecule has 2 fully saturated rings. The lowest BCUT2D eigenvalue weighted by molar-refractivity contribution is -0.118. The minimum Gasteiger partial charge on any atom is -0.494 e. The van der Waals surface area contributed by atoms with Gasteiger partial charge in [-0.15, -0.1) is 0 Å². The van der Waals surface area contributed by atoms with E-state index in [1.807, 2.05) is 31.2 Å². The number of fused-ring (bicyclic) bond motifs is 1. The Morgan fingerprint density at radius 3 is 2.70 bits per heavy atom. The number of anilines is 1. The van der Waals surface area contributed by atoms with Crippen LogP contribution in [0.4, 0.5) is 5.69 Å². The molecule has 4 heteroatoms. The van der Waals surface area contributed by atoms with Crippen LogP contribution in [0.25, 0.3) is 0 Å². The van der Waals surface area contributed by atoms with E-state index in [0.717, 1.165) is 23.9 Å². The standard InChI is InChI=1S/C19H28N2O2/c1-2-23-17-11-9-16(10-12-17)20-19(22)14-21-13-5-7-15-6-3-4-8-18(15)21/h9-12,15,18H,2-8,13-14H2,1H3,(H,20,22)/t15-,18-/m0/s1. The average molecular weight is 316 g/mol. The SMILES string of the molecule is CCOc1ccc(NC(=O)CN2CCC[C@@H]3CCCC[C@@H]32)cc1. The van der Waals surface area contributed by atoms with Gasteiger partial charge < -0.3 is 10.1 Å². The molecule has 4 nitrogen and oxygen atoms in total. The molecule has 0 aromatic heterocycles. The molecule has 0 bridgehead atoms. The second kappa shape index (κ2) is 7.82. The maximum atomic E-state index is 12.4. The Morgan fingerprint density at radius 2 is 1.91 bits per heavy atom. The number of amides is 1. The average Bonchev–Trinajstić information content (AvgIpc) is 2.57. The van der Waals surface area contributed by atoms with E-state index in [9.17, 15) is 4.79 Å². The minimum atomic E-state index is 0.0976. The molecule has 2 atom stereocenters. The summed E-state index contributed by atoms with van der Waals surface area (Å²) in [5, 5.41) is 3.02. The highest BCUT2D eigenvalue weighted by atomic mass is 16.5. The number of carbonyl (C=O) groups excluding carboxylic acids is 1. The first-order valence-electron chi connectivity index (χ1n) is 9.03. The van der Waals surface area contributed by atoms with Crippen LogP contribution in [0.2, 0.25) is 0 Å². The fraction of sp³-hybridized carbons (Fsp3) is 0.632. The van der Waals surface area contributed by atoms with Gasteiger partial charge in [0.15, 0.2) is 0 Å². The lowest BCUT2D eigenvalue weighted by Gasteiger charge is -2.43. The Hall–Kier alpha value is -1.55. The van der Waals surface area contributed by atoms with E-state index < -0.39 is 0 Å². The van der Waals surface area contributed by atoms with Gasteiger partial charge in [0, 0.05) is 11.7 Å². The molecule has 1 aromatic carbocycles. The summed E-state index contributed by atoms with van der Waals surface area (Å²) in [4.78, 5) is 14.8. The fourth-order valence-corrected chi connectivity index (χ4v) is 4.11. The largest absolute Gasteiger partial charge is 0.494 e. The van der Waals surface area contributed by atoms with Crippen LogP contribution in [0.3, 0.4) is 0 Å². The van der Waals surface area contributed by atoms with Crippen LogP contribution in [0, 0.1) is 5.92 Å². The number of hydrogen-bond acceptors (Lipinski definition) is 3. The van der Waals surface area contributed by atoms with Gasteiger partial charge in [-0.3, -0.25) is 9.69 Å². The molecule has 1 amide bonds. The highest BCUT2D eigenvalue weighted by Gasteiger charge is 2.33. The molecule has 3 rings (SSSR count). The van der Waals surface area contributed by atoms with Crippen molar-refractivity contribution < 1.29 is 9.53 Å². The van der Waals surface area contributed by atoms with Crippen molar-refractivity contribution in [2.75, 3.05) is 25.0 Å². The van der Waals surface area contributed by atoms with Gasteiger partial charge in [0.1, 0.15) is 5.75 Å². The van der Waals surface area contributed by atoms with Crippen molar-refractivity contribution in [1.82, 2.24) is 4.90 Å². The molecular formula is C19H28N2O2. The minimum absolute atomic E-state index is 0.0976. The highest BCUT2D eigenvalue weighted by molar-refractivity contribution is 5.92. The lowest BCUT2D eigenvalue weighted by Crippen LogP contribution is -2.49. The van der Waals surface area contributed by atoms with Crippen LogP contribution in [0.1, 0.15) is 45.4 Å². The molecule has 1 aromatic rings. The van der Waals surface area contributed by atoms with Crippen LogP contribution in [-0.4, -0.2) is 36.5 Å². The molecule has 1 aliphatic heterocycles. The number of ether oxygens (including phenoxy) is 1. The van der Waals surface area contributed by atoms with Crippen LogP contribution in [-0.2, 0) is 4.79 Å². The van der Waals surface area contributed by atoms with Gasteiger partial charge in [0.05, 0.1) is 13.2 Å². The van der Waals surface area contributed by atoms with E-state index in [1.165, 1.54) is 38.5 Å². The van der Waals surface area contributed by atoms with Gasteiger partial charge in [-0.05, 0) is 69.3 Å². The smallest absolute Gasteiger partial charge is 0.238 e. The Balaban J connectivity index is 1.53. The Bertz CT molecular complexity index is 513. The van der Waals surface area contributed by atoms with Gasteiger partial charge in [-0.1, -0.05) is 12.8 Å². The fourth-order valence-electron chi connectivity index (χ4n) is 4.11. The van der Waals surface area contributed by atoms with Crippen molar-refractivity contribution in [2.24, 2.45) is 5.92 Å². The van der Waals surface area contributed by atoms with E-state index in [4.69, 9.17) is 4.74 Å². The van der Waals surface area contributed by atoms with Gasteiger partial charge in [0.2, 0.25) is 5.91 Å². The first kappa shape index (κ1) is 16.3. The van der Waals surface area contributed by atoms with Crippen LogP contribution in [0.5, 0.6) is 5.75 Å². The molecular weight excluding hydrogens is 288 g/mol. The molecule has 23 heavy (non-hydrogen) atoms. The number of rotatable bonds is 5. The van der Waals surface area contributed by atoms with Crippen LogP contribution < -0.4 is 10.1 Å². The Kier molecular flexibility index (Phi) is 5.55.